The van der Waals surface area contributed by atoms with E-state index in [9.17, 15) is 0 Å². The van der Waals surface area contributed by atoms with Crippen LogP contribution in [-0.4, -0.2) is 38.5 Å². The molecule has 3 heteroatoms. The van der Waals surface area contributed by atoms with Gasteiger partial charge in [-0.3, -0.25) is 0 Å². The lowest BCUT2D eigenvalue weighted by molar-refractivity contribution is -0.916. The third-order valence-corrected chi connectivity index (χ3v) is 2.09. The first-order chi connectivity index (χ1) is 4.27. The number of ether oxygens (including phenoxy) is 1. The topological polar surface area (TPSA) is 9.23 Å². The van der Waals surface area contributed by atoms with Gasteiger partial charge in [0.05, 0.1) is 20.1 Å². The minimum Gasteiger partial charge on any atom is -0.335 e. The van der Waals surface area contributed by atoms with Crippen molar-refractivity contribution in [2.45, 2.75) is 12.8 Å². The number of halogens is 1. The van der Waals surface area contributed by atoms with E-state index in [-0.39, 0.29) is 12.4 Å². The Balaban J connectivity index is 0.000000810. The summed E-state index contributed by atoms with van der Waals surface area (Å²) in [5.41, 5.74) is 0. The SMILES string of the molecule is COC[N+]1(C)CCCC1.Cl. The molecule has 0 N–H and O–H groups in total. The van der Waals surface area contributed by atoms with E-state index >= 15 is 0 Å². The highest BCUT2D eigenvalue weighted by atomic mass is 35.5. The smallest absolute Gasteiger partial charge is 0.182 e. The molecule has 0 atom stereocenters. The van der Waals surface area contributed by atoms with Crippen LogP contribution in [0.2, 0.25) is 0 Å². The third kappa shape index (κ3) is 2.45. The van der Waals surface area contributed by atoms with Gasteiger partial charge in [-0.05, 0) is 0 Å². The zero-order valence-corrected chi connectivity index (χ0v) is 7.62. The highest BCUT2D eigenvalue weighted by molar-refractivity contribution is 5.85. The summed E-state index contributed by atoms with van der Waals surface area (Å²) in [6, 6.07) is 0. The summed E-state index contributed by atoms with van der Waals surface area (Å²) in [6.45, 7) is 3.49. The van der Waals surface area contributed by atoms with Gasteiger partial charge in [0.25, 0.3) is 0 Å². The van der Waals surface area contributed by atoms with Crippen LogP contribution in [0, 0.1) is 0 Å². The van der Waals surface area contributed by atoms with E-state index in [0.717, 1.165) is 11.2 Å². The molecule has 1 saturated heterocycles. The van der Waals surface area contributed by atoms with Crippen LogP contribution in [0.25, 0.3) is 0 Å². The van der Waals surface area contributed by atoms with Crippen LogP contribution in [0.5, 0.6) is 0 Å². The van der Waals surface area contributed by atoms with E-state index in [0.29, 0.717) is 0 Å². The molecule has 0 saturated carbocycles. The quantitative estimate of drug-likeness (QED) is 0.562. The predicted molar refractivity (Wildman–Crippen MR) is 44.3 cm³/mol. The van der Waals surface area contributed by atoms with Crippen LogP contribution in [0.1, 0.15) is 12.8 Å². The van der Waals surface area contributed by atoms with Gasteiger partial charge in [-0.15, -0.1) is 12.4 Å². The Morgan fingerprint density at radius 3 is 2.20 bits per heavy atom. The highest BCUT2D eigenvalue weighted by Gasteiger charge is 2.25. The van der Waals surface area contributed by atoms with Gasteiger partial charge in [0.2, 0.25) is 0 Å². The van der Waals surface area contributed by atoms with Gasteiger partial charge in [-0.25, -0.2) is 0 Å². The molecule has 2 nitrogen and oxygen atoms in total. The number of nitrogens with zero attached hydrogens (tertiary/aromatic N) is 1. The van der Waals surface area contributed by atoms with Crippen LogP contribution in [0.3, 0.4) is 0 Å². The van der Waals surface area contributed by atoms with Gasteiger partial charge in [-0.2, -0.15) is 0 Å². The fraction of sp³-hybridized carbons (Fsp3) is 1.00. The number of quaternary nitrogens is 1. The number of methoxy groups -OCH3 is 1. The fourth-order valence-corrected chi connectivity index (χ4v) is 1.54. The molecule has 0 aliphatic carbocycles. The van der Waals surface area contributed by atoms with Crippen molar-refractivity contribution in [2.75, 3.05) is 34.0 Å². The third-order valence-electron chi connectivity index (χ3n) is 2.09. The Kier molecular flexibility index (Phi) is 4.25. The van der Waals surface area contributed by atoms with Crippen LogP contribution in [0.15, 0.2) is 0 Å². The van der Waals surface area contributed by atoms with Crippen molar-refractivity contribution in [2.24, 2.45) is 0 Å². The number of hydrogen-bond acceptors (Lipinski definition) is 1. The van der Waals surface area contributed by atoms with E-state index < -0.39 is 0 Å². The molecule has 0 radical (unpaired) electrons. The van der Waals surface area contributed by atoms with Crippen LogP contribution >= 0.6 is 12.4 Å². The highest BCUT2D eigenvalue weighted by Crippen LogP contribution is 2.14. The fourth-order valence-electron chi connectivity index (χ4n) is 1.54. The first kappa shape index (κ1) is 10.2. The summed E-state index contributed by atoms with van der Waals surface area (Å²) >= 11 is 0. The first-order valence-corrected chi connectivity index (χ1v) is 3.59. The second-order valence-corrected chi connectivity index (χ2v) is 3.19. The Morgan fingerprint density at radius 2 is 1.80 bits per heavy atom. The summed E-state index contributed by atoms with van der Waals surface area (Å²) in [4.78, 5) is 0. The van der Waals surface area contributed by atoms with E-state index in [4.69, 9.17) is 4.74 Å². The van der Waals surface area contributed by atoms with Crippen LogP contribution < -0.4 is 0 Å². The molecule has 0 spiro atoms. The average molecular weight is 167 g/mol. The van der Waals surface area contributed by atoms with Gasteiger partial charge in [0.15, 0.2) is 6.73 Å². The summed E-state index contributed by atoms with van der Waals surface area (Å²) in [7, 11) is 4.04. The van der Waals surface area contributed by atoms with E-state index in [1.807, 2.05) is 0 Å². The van der Waals surface area contributed by atoms with Crippen LogP contribution in [0.4, 0.5) is 0 Å². The molecule has 1 heterocycles. The molecule has 0 aromatic rings. The van der Waals surface area contributed by atoms with Crippen molar-refractivity contribution in [1.82, 2.24) is 0 Å². The minimum absolute atomic E-state index is 0. The molecule has 10 heavy (non-hydrogen) atoms. The molecule has 0 aromatic heterocycles. The number of likely N-dealkylation sites (tertiary alicyclic amines) is 1. The molecule has 0 amide bonds. The minimum atomic E-state index is 0. The standard InChI is InChI=1S/C7H16NO.ClH/c1-8(7-9-2)5-3-4-6-8;/h3-7H2,1-2H3;1H/q+1;. The van der Waals surface area contributed by atoms with Gasteiger partial charge in [0.1, 0.15) is 0 Å². The van der Waals surface area contributed by atoms with Crippen molar-refractivity contribution >= 4 is 12.4 Å². The lowest BCUT2D eigenvalue weighted by atomic mass is 10.4. The van der Waals surface area contributed by atoms with E-state index in [1.165, 1.54) is 25.9 Å². The zero-order chi connectivity index (χ0) is 6.74. The molecule has 0 unspecified atom stereocenters. The Labute approximate surface area is 69.2 Å². The molecule has 1 fully saturated rings. The monoisotopic (exact) mass is 166 g/mol. The molecule has 1 aliphatic heterocycles. The van der Waals surface area contributed by atoms with Gasteiger partial charge >= 0.3 is 0 Å². The molecular weight excluding hydrogens is 150 g/mol. The normalized spacial score (nSPS) is 22.2. The number of rotatable bonds is 2. The van der Waals surface area contributed by atoms with Crippen molar-refractivity contribution in [1.29, 1.82) is 0 Å². The van der Waals surface area contributed by atoms with Crippen molar-refractivity contribution in [3.05, 3.63) is 0 Å². The molecular formula is C7H17ClNO+. The molecule has 0 bridgehead atoms. The van der Waals surface area contributed by atoms with Gasteiger partial charge < -0.3 is 9.22 Å². The molecule has 1 rings (SSSR count). The van der Waals surface area contributed by atoms with Gasteiger partial charge in [-0.1, -0.05) is 0 Å². The Morgan fingerprint density at radius 1 is 1.30 bits per heavy atom. The van der Waals surface area contributed by atoms with E-state index in [2.05, 4.69) is 7.05 Å². The summed E-state index contributed by atoms with van der Waals surface area (Å²) in [6.07, 6.45) is 2.75. The second kappa shape index (κ2) is 4.16. The molecule has 1 aliphatic rings. The zero-order valence-electron chi connectivity index (χ0n) is 6.80. The van der Waals surface area contributed by atoms with Crippen molar-refractivity contribution in [3.63, 3.8) is 0 Å². The maximum atomic E-state index is 5.10. The first-order valence-electron chi connectivity index (χ1n) is 3.59. The summed E-state index contributed by atoms with van der Waals surface area (Å²) in [5, 5.41) is 0. The summed E-state index contributed by atoms with van der Waals surface area (Å²) in [5.74, 6) is 0. The van der Waals surface area contributed by atoms with Crippen molar-refractivity contribution < 1.29 is 9.22 Å². The molecule has 0 aromatic carbocycles. The average Bonchev–Trinajstić information content (AvgIpc) is 2.16. The van der Waals surface area contributed by atoms with Gasteiger partial charge in [0, 0.05) is 20.0 Å². The summed E-state index contributed by atoms with van der Waals surface area (Å²) < 4.78 is 6.22. The Hall–Kier alpha value is 0.210. The number of hydrogen-bond donors (Lipinski definition) is 0. The second-order valence-electron chi connectivity index (χ2n) is 3.19. The molecule has 62 valence electrons. The predicted octanol–water partition coefficient (Wildman–Crippen LogP) is 1.25. The lowest BCUT2D eigenvalue weighted by Gasteiger charge is -2.27. The van der Waals surface area contributed by atoms with E-state index in [1.54, 1.807) is 7.11 Å². The Bertz CT molecular complexity index is 91.6. The van der Waals surface area contributed by atoms with Crippen molar-refractivity contribution in [3.8, 4) is 0 Å². The maximum absolute atomic E-state index is 5.10. The maximum Gasteiger partial charge on any atom is 0.182 e. The van der Waals surface area contributed by atoms with Crippen LogP contribution in [-0.2, 0) is 4.74 Å². The lowest BCUT2D eigenvalue weighted by Crippen LogP contribution is -2.42. The largest absolute Gasteiger partial charge is 0.335 e.